The molecule has 0 saturated carbocycles. The van der Waals surface area contributed by atoms with Crippen molar-refractivity contribution in [1.29, 1.82) is 0 Å². The maximum absolute atomic E-state index is 13.1. The molecule has 344 valence electrons. The van der Waals surface area contributed by atoms with E-state index in [4.69, 9.17) is 19.3 Å². The lowest BCUT2D eigenvalue weighted by atomic mass is 10.1. The summed E-state index contributed by atoms with van der Waals surface area (Å²) in [6.07, 6.45) is 0. The fraction of sp³-hybridized carbons (Fsp3) is 0.258. The highest BCUT2D eigenvalue weighted by molar-refractivity contribution is 7.94. The van der Waals surface area contributed by atoms with Crippen LogP contribution in [0.15, 0.2) is 97.0 Å². The summed E-state index contributed by atoms with van der Waals surface area (Å²) in [4.78, 5) is 14.0. The molecule has 0 aliphatic heterocycles. The van der Waals surface area contributed by atoms with Crippen LogP contribution in [0, 0.1) is 0 Å². The summed E-state index contributed by atoms with van der Waals surface area (Å²) in [7, 11) is -15.9. The van der Waals surface area contributed by atoms with Crippen molar-refractivity contribution >= 4 is 110 Å². The average Bonchev–Trinajstić information content (AvgIpc) is 3.22. The van der Waals surface area contributed by atoms with Crippen LogP contribution in [0.1, 0.15) is 10.4 Å². The van der Waals surface area contributed by atoms with Crippen molar-refractivity contribution in [3.8, 4) is 5.75 Å². The van der Waals surface area contributed by atoms with Gasteiger partial charge in [-0.25, -0.2) is 31.5 Å². The van der Waals surface area contributed by atoms with Crippen molar-refractivity contribution in [2.75, 3.05) is 55.3 Å². The molecule has 4 aromatic carbocycles. The SMILES string of the molecule is CN(CCS(=O)(=O)CCOS(=O)(=O)O)C(=O)c1cccc(N=Nc2c(SOOO)cc3c(N=Nc4ccc(S(=O)(=O)CCOSOOO)cc4)c(NCS(=O)(=O)O)ccc3c2O)c1. The zero-order valence-electron chi connectivity index (χ0n) is 31.8. The molecule has 0 saturated heterocycles. The van der Waals surface area contributed by atoms with Crippen LogP contribution < -0.4 is 5.32 Å². The minimum atomic E-state index is -4.84. The van der Waals surface area contributed by atoms with Gasteiger partial charge in [-0.1, -0.05) is 16.1 Å². The van der Waals surface area contributed by atoms with Crippen LogP contribution >= 0.6 is 24.4 Å². The number of anilines is 1. The van der Waals surface area contributed by atoms with Gasteiger partial charge in [0.25, 0.3) is 16.0 Å². The Morgan fingerprint density at radius 3 is 2.11 bits per heavy atom. The Morgan fingerprint density at radius 2 is 1.44 bits per heavy atom. The third-order valence-corrected chi connectivity index (χ3v) is 13.1. The van der Waals surface area contributed by atoms with Crippen molar-refractivity contribution in [2.45, 2.75) is 9.79 Å². The summed E-state index contributed by atoms with van der Waals surface area (Å²) in [5.41, 5.74) is -0.232. The van der Waals surface area contributed by atoms with Crippen LogP contribution in [0.5, 0.6) is 5.75 Å². The molecule has 32 heteroatoms. The van der Waals surface area contributed by atoms with Gasteiger partial charge in [0.1, 0.15) is 17.3 Å². The third kappa shape index (κ3) is 16.2. The van der Waals surface area contributed by atoms with Crippen LogP contribution in [0.2, 0.25) is 0 Å². The van der Waals surface area contributed by atoms with Gasteiger partial charge in [-0.3, -0.25) is 18.1 Å². The minimum absolute atomic E-state index is 0.0207. The number of fused-ring (bicyclic) bond motifs is 1. The van der Waals surface area contributed by atoms with E-state index in [0.717, 1.165) is 4.90 Å². The average molecular weight is 1000 g/mol. The molecule has 0 unspecified atom stereocenters. The monoisotopic (exact) mass is 1000 g/mol. The number of nitrogens with one attached hydrogen (secondary N) is 1. The number of azo groups is 2. The number of aromatic hydroxyl groups is 1. The van der Waals surface area contributed by atoms with Crippen LogP contribution in [-0.2, 0) is 67.3 Å². The lowest BCUT2D eigenvalue weighted by molar-refractivity contribution is -0.434. The highest BCUT2D eigenvalue weighted by Crippen LogP contribution is 2.48. The quantitative estimate of drug-likeness (QED) is 0.0125. The first kappa shape index (κ1) is 51.1. The number of benzene rings is 4. The Morgan fingerprint density at radius 1 is 0.762 bits per heavy atom. The summed E-state index contributed by atoms with van der Waals surface area (Å²) < 4.78 is 130. The van der Waals surface area contributed by atoms with Crippen molar-refractivity contribution in [2.24, 2.45) is 20.5 Å². The van der Waals surface area contributed by atoms with E-state index in [-0.39, 0.29) is 80.0 Å². The number of carbonyl (C=O) groups excluding carboxylic acids is 1. The lowest BCUT2D eigenvalue weighted by Crippen LogP contribution is -2.32. The smallest absolute Gasteiger partial charge is 0.397 e. The van der Waals surface area contributed by atoms with Crippen LogP contribution in [-0.4, -0.2) is 119 Å². The van der Waals surface area contributed by atoms with E-state index in [1.54, 1.807) is 0 Å². The van der Waals surface area contributed by atoms with Gasteiger partial charge in [0.15, 0.2) is 37.7 Å². The molecular formula is C31H34N6O20S6. The molecule has 1 amide bonds. The Balaban J connectivity index is 1.65. The maximum Gasteiger partial charge on any atom is 0.397 e. The normalized spacial score (nSPS) is 12.7. The predicted octanol–water partition coefficient (Wildman–Crippen LogP) is 5.14. The number of hydrogen-bond acceptors (Lipinski definition) is 25. The summed E-state index contributed by atoms with van der Waals surface area (Å²) >= 11 is 0.537. The van der Waals surface area contributed by atoms with Crippen LogP contribution in [0.3, 0.4) is 0 Å². The standard InChI is InChI=1S/C31H34N6O20S6/c1-37(11-14-60(42,43)15-13-53-63(49,50)51)31(39)20-3-2-4-22(17-20)34-36-29-27(58-56-54-40)18-25-24(30(29)38)9-10-26(32-19-62(46,47)48)28(25)35-33-21-5-7-23(8-6-21)61(44,45)16-12-52-59-57-55-41/h2-10,17-18,32,38,40-41H,11-16,19H2,1H3,(H,46,47,48)(H,49,50,51). The number of phenols is 1. The molecule has 0 aliphatic carbocycles. The fourth-order valence-electron chi connectivity index (χ4n) is 4.97. The second kappa shape index (κ2) is 22.9. The number of amides is 1. The first-order valence-corrected chi connectivity index (χ1v) is 24.8. The van der Waals surface area contributed by atoms with Gasteiger partial charge < -0.3 is 15.3 Å². The maximum atomic E-state index is 13.1. The van der Waals surface area contributed by atoms with Gasteiger partial charge in [-0.15, -0.1) is 18.9 Å². The summed E-state index contributed by atoms with van der Waals surface area (Å²) in [6.45, 7) is -1.46. The second-order valence-electron chi connectivity index (χ2n) is 12.2. The van der Waals surface area contributed by atoms with E-state index in [2.05, 4.69) is 48.7 Å². The number of sulfone groups is 2. The summed E-state index contributed by atoms with van der Waals surface area (Å²) in [5.74, 6) is -3.98. The van der Waals surface area contributed by atoms with Gasteiger partial charge in [-0.05, 0) is 60.7 Å². The van der Waals surface area contributed by atoms with E-state index >= 15 is 0 Å². The Kier molecular flexibility index (Phi) is 18.6. The number of hydrogen-bond donors (Lipinski definition) is 6. The molecule has 4 rings (SSSR count). The molecular weight excluding hydrogens is 969 g/mol. The molecule has 0 aromatic heterocycles. The zero-order valence-corrected chi connectivity index (χ0v) is 36.7. The zero-order chi connectivity index (χ0) is 46.4. The third-order valence-electron chi connectivity index (χ3n) is 7.88. The number of carbonyl (C=O) groups is 1. The van der Waals surface area contributed by atoms with E-state index < -0.39 is 81.6 Å². The summed E-state index contributed by atoms with van der Waals surface area (Å²) in [6, 6.07) is 14.6. The topological polar surface area (TPSA) is 375 Å². The van der Waals surface area contributed by atoms with E-state index in [1.807, 2.05) is 0 Å². The first-order valence-electron chi connectivity index (χ1n) is 16.9. The first-order chi connectivity index (χ1) is 29.6. The van der Waals surface area contributed by atoms with Crippen molar-refractivity contribution in [3.05, 3.63) is 72.3 Å². The van der Waals surface area contributed by atoms with Crippen molar-refractivity contribution in [1.82, 2.24) is 4.90 Å². The van der Waals surface area contributed by atoms with Crippen LogP contribution in [0.25, 0.3) is 10.8 Å². The van der Waals surface area contributed by atoms with E-state index in [1.165, 1.54) is 73.8 Å². The molecule has 4 aromatic rings. The van der Waals surface area contributed by atoms with Crippen molar-refractivity contribution < 1.29 is 90.3 Å². The summed E-state index contributed by atoms with van der Waals surface area (Å²) in [5, 5.41) is 54.7. The molecule has 0 atom stereocenters. The molecule has 0 heterocycles. The molecule has 26 nitrogen and oxygen atoms in total. The van der Waals surface area contributed by atoms with Gasteiger partial charge >= 0.3 is 10.4 Å². The minimum Gasteiger partial charge on any atom is -0.505 e. The number of nitrogens with zero attached hydrogens (tertiary/aromatic N) is 5. The molecule has 6 N–H and O–H groups in total. The Labute approximate surface area is 366 Å². The van der Waals surface area contributed by atoms with Gasteiger partial charge in [-0.2, -0.15) is 27.1 Å². The Hall–Kier alpha value is -4.49. The predicted molar refractivity (Wildman–Crippen MR) is 221 cm³/mol. The van der Waals surface area contributed by atoms with Gasteiger partial charge in [0, 0.05) is 29.9 Å². The Bertz CT molecular complexity index is 2760. The van der Waals surface area contributed by atoms with Crippen molar-refractivity contribution in [3.63, 3.8) is 0 Å². The highest BCUT2D eigenvalue weighted by atomic mass is 32.3. The molecule has 0 aliphatic rings. The van der Waals surface area contributed by atoms with Crippen LogP contribution in [0.4, 0.5) is 28.4 Å². The molecule has 0 spiro atoms. The van der Waals surface area contributed by atoms with E-state index in [0.29, 0.717) is 12.0 Å². The molecule has 0 bridgehead atoms. The highest BCUT2D eigenvalue weighted by Gasteiger charge is 2.22. The van der Waals surface area contributed by atoms with Gasteiger partial charge in [0.2, 0.25) is 0 Å². The number of phenolic OH excluding ortho intramolecular Hbond substituents is 1. The molecule has 63 heavy (non-hydrogen) atoms. The number of rotatable bonds is 25. The lowest BCUT2D eigenvalue weighted by Gasteiger charge is -2.17. The second-order valence-corrected chi connectivity index (χ2v) is 20.4. The van der Waals surface area contributed by atoms with Gasteiger partial charge in [0.05, 0.1) is 69.4 Å². The fourth-order valence-corrected chi connectivity index (χ4v) is 8.69. The molecule has 0 fully saturated rings. The molecule has 0 radical (unpaired) electrons. The van der Waals surface area contributed by atoms with E-state index in [9.17, 15) is 48.1 Å². The largest absolute Gasteiger partial charge is 0.505 e.